The molecule has 0 aromatic heterocycles. The average molecular weight is 515 g/mol. The summed E-state index contributed by atoms with van der Waals surface area (Å²) in [6, 6.07) is 24.9. The maximum absolute atomic E-state index is 12.6. The van der Waals surface area contributed by atoms with Crippen LogP contribution in [0.2, 0.25) is 0 Å². The number of ether oxygens (including phenoxy) is 3. The van der Waals surface area contributed by atoms with Gasteiger partial charge < -0.3 is 24.4 Å². The summed E-state index contributed by atoms with van der Waals surface area (Å²) in [7, 11) is -4.09. The second kappa shape index (κ2) is 12.1. The molecule has 5 atom stereocenters. The highest BCUT2D eigenvalue weighted by atomic mass is 32.2. The summed E-state index contributed by atoms with van der Waals surface area (Å²) in [6.07, 6.45) is -6.00. The minimum Gasteiger partial charge on any atom is -0.387 e. The first-order valence-corrected chi connectivity index (χ1v) is 13.0. The monoisotopic (exact) mass is 514 g/mol. The molecule has 0 bridgehead atoms. The third-order valence-electron chi connectivity index (χ3n) is 5.90. The molecule has 0 amide bonds. The highest BCUT2D eigenvalue weighted by Crippen LogP contribution is 2.28. The fraction of sp³-hybridized carbons (Fsp3) is 0.333. The van der Waals surface area contributed by atoms with Crippen molar-refractivity contribution >= 4 is 10.1 Å². The molecule has 4 rings (SSSR count). The minimum absolute atomic E-state index is 0.0140. The van der Waals surface area contributed by atoms with E-state index in [-0.39, 0.29) is 18.1 Å². The molecule has 1 heterocycles. The van der Waals surface area contributed by atoms with E-state index in [9.17, 15) is 18.6 Å². The Bertz CT molecular complexity index is 1190. The zero-order chi connectivity index (χ0) is 25.5. The van der Waals surface area contributed by atoms with Crippen LogP contribution in [0.5, 0.6) is 0 Å². The summed E-state index contributed by atoms with van der Waals surface area (Å²) < 4.78 is 47.8. The van der Waals surface area contributed by atoms with Crippen molar-refractivity contribution in [3.63, 3.8) is 0 Å². The van der Waals surface area contributed by atoms with Gasteiger partial charge in [-0.15, -0.1) is 0 Å². The van der Waals surface area contributed by atoms with Crippen LogP contribution in [0.15, 0.2) is 89.8 Å². The zero-order valence-corrected chi connectivity index (χ0v) is 20.7. The van der Waals surface area contributed by atoms with E-state index in [1.54, 1.807) is 12.1 Å². The Morgan fingerprint density at radius 2 is 1.31 bits per heavy atom. The number of aliphatic hydroxyl groups is 2. The van der Waals surface area contributed by atoms with Gasteiger partial charge in [0.15, 0.2) is 6.29 Å². The van der Waals surface area contributed by atoms with Crippen molar-refractivity contribution in [2.75, 3.05) is 6.61 Å². The topological polar surface area (TPSA) is 112 Å². The first-order chi connectivity index (χ1) is 17.3. The molecule has 1 saturated heterocycles. The lowest BCUT2D eigenvalue weighted by atomic mass is 9.98. The second-order valence-corrected chi connectivity index (χ2v) is 10.2. The van der Waals surface area contributed by atoms with Gasteiger partial charge in [0, 0.05) is 0 Å². The van der Waals surface area contributed by atoms with Crippen LogP contribution in [0.25, 0.3) is 0 Å². The van der Waals surface area contributed by atoms with Crippen molar-refractivity contribution in [3.05, 3.63) is 102 Å². The predicted molar refractivity (Wildman–Crippen MR) is 131 cm³/mol. The van der Waals surface area contributed by atoms with Gasteiger partial charge in [0.05, 0.1) is 24.7 Å². The number of benzene rings is 3. The normalized spacial score (nSPS) is 24.5. The molecule has 192 valence electrons. The SMILES string of the molecule is Cc1ccc(S(=O)(=O)OC[C@H]2O[C@H](O)[C@H](OCc3ccccc3)[C@@H](OCc3ccccc3)[C@H]2O)cc1. The molecule has 9 heteroatoms. The molecule has 0 radical (unpaired) electrons. The smallest absolute Gasteiger partial charge is 0.297 e. The quantitative estimate of drug-likeness (QED) is 0.397. The average Bonchev–Trinajstić information content (AvgIpc) is 2.89. The fourth-order valence-corrected chi connectivity index (χ4v) is 4.80. The molecule has 8 nitrogen and oxygen atoms in total. The third-order valence-corrected chi connectivity index (χ3v) is 7.20. The first kappa shape index (κ1) is 26.4. The number of hydrogen-bond acceptors (Lipinski definition) is 8. The molecular formula is C27H30O8S. The number of aliphatic hydroxyl groups excluding tert-OH is 2. The highest BCUT2D eigenvalue weighted by Gasteiger charge is 2.47. The van der Waals surface area contributed by atoms with Crippen LogP contribution in [0.1, 0.15) is 16.7 Å². The van der Waals surface area contributed by atoms with Gasteiger partial charge in [0.2, 0.25) is 0 Å². The van der Waals surface area contributed by atoms with Crippen LogP contribution in [-0.2, 0) is 41.7 Å². The molecular weight excluding hydrogens is 484 g/mol. The first-order valence-electron chi connectivity index (χ1n) is 11.6. The lowest BCUT2D eigenvalue weighted by Gasteiger charge is -2.42. The standard InChI is InChI=1S/C27H30O8S/c1-19-12-14-22(15-13-19)36(30,31)34-18-23-24(28)25(32-16-20-8-4-2-5-9-20)26(27(29)35-23)33-17-21-10-6-3-7-11-21/h2-15,23-29H,16-18H2,1H3/t23-,24+,25+,26-,27+/m1/s1. The molecule has 0 saturated carbocycles. The van der Waals surface area contributed by atoms with E-state index in [1.807, 2.05) is 67.6 Å². The highest BCUT2D eigenvalue weighted by molar-refractivity contribution is 7.86. The summed E-state index contributed by atoms with van der Waals surface area (Å²) >= 11 is 0. The van der Waals surface area contributed by atoms with Crippen molar-refractivity contribution in [2.45, 2.75) is 55.7 Å². The van der Waals surface area contributed by atoms with Gasteiger partial charge in [-0.2, -0.15) is 8.42 Å². The molecule has 2 N–H and O–H groups in total. The van der Waals surface area contributed by atoms with E-state index in [0.717, 1.165) is 16.7 Å². The summed E-state index contributed by atoms with van der Waals surface area (Å²) in [5.41, 5.74) is 2.64. The number of hydrogen-bond donors (Lipinski definition) is 2. The second-order valence-electron chi connectivity index (χ2n) is 8.63. The van der Waals surface area contributed by atoms with Crippen LogP contribution in [0.3, 0.4) is 0 Å². The van der Waals surface area contributed by atoms with Gasteiger partial charge >= 0.3 is 0 Å². The van der Waals surface area contributed by atoms with Gasteiger partial charge in [-0.1, -0.05) is 78.4 Å². The van der Waals surface area contributed by atoms with Crippen LogP contribution < -0.4 is 0 Å². The fourth-order valence-electron chi connectivity index (χ4n) is 3.88. The minimum atomic E-state index is -4.09. The van der Waals surface area contributed by atoms with Gasteiger partial charge in [-0.25, -0.2) is 0 Å². The summed E-state index contributed by atoms with van der Waals surface area (Å²) in [6.45, 7) is 1.64. The van der Waals surface area contributed by atoms with E-state index >= 15 is 0 Å². The van der Waals surface area contributed by atoms with Crippen molar-refractivity contribution in [2.24, 2.45) is 0 Å². The number of aryl methyl sites for hydroxylation is 1. The molecule has 1 aliphatic rings. The van der Waals surface area contributed by atoms with E-state index in [2.05, 4.69) is 0 Å². The van der Waals surface area contributed by atoms with Crippen molar-refractivity contribution in [1.82, 2.24) is 0 Å². The molecule has 1 aliphatic heterocycles. The largest absolute Gasteiger partial charge is 0.387 e. The van der Waals surface area contributed by atoms with Gasteiger partial charge in [0.25, 0.3) is 10.1 Å². The van der Waals surface area contributed by atoms with Crippen LogP contribution in [0, 0.1) is 6.92 Å². The molecule has 36 heavy (non-hydrogen) atoms. The maximum atomic E-state index is 12.6. The summed E-state index contributed by atoms with van der Waals surface area (Å²) in [4.78, 5) is -0.0140. The lowest BCUT2D eigenvalue weighted by molar-refractivity contribution is -0.306. The Hall–Kier alpha value is -2.63. The van der Waals surface area contributed by atoms with Crippen molar-refractivity contribution in [3.8, 4) is 0 Å². The lowest BCUT2D eigenvalue weighted by Crippen LogP contribution is -2.60. The molecule has 3 aromatic carbocycles. The molecule has 1 fully saturated rings. The van der Waals surface area contributed by atoms with Crippen LogP contribution in [0.4, 0.5) is 0 Å². The zero-order valence-electron chi connectivity index (χ0n) is 19.8. The third kappa shape index (κ3) is 6.77. The Morgan fingerprint density at radius 3 is 1.86 bits per heavy atom. The van der Waals surface area contributed by atoms with Crippen LogP contribution >= 0.6 is 0 Å². The molecule has 3 aromatic rings. The molecule has 0 aliphatic carbocycles. The molecule has 0 unspecified atom stereocenters. The van der Waals surface area contributed by atoms with E-state index in [1.165, 1.54) is 12.1 Å². The Morgan fingerprint density at radius 1 is 0.778 bits per heavy atom. The van der Waals surface area contributed by atoms with E-state index in [4.69, 9.17) is 18.4 Å². The van der Waals surface area contributed by atoms with Gasteiger partial charge in [-0.3, -0.25) is 4.18 Å². The Labute approximate surface area is 211 Å². The van der Waals surface area contributed by atoms with E-state index < -0.39 is 47.4 Å². The van der Waals surface area contributed by atoms with Gasteiger partial charge in [0.1, 0.15) is 24.4 Å². The Kier molecular flexibility index (Phi) is 8.86. The van der Waals surface area contributed by atoms with E-state index in [0.29, 0.717) is 0 Å². The van der Waals surface area contributed by atoms with Crippen LogP contribution in [-0.4, -0.2) is 55.9 Å². The Balaban J connectivity index is 1.47. The summed E-state index contributed by atoms with van der Waals surface area (Å²) in [5, 5.41) is 21.8. The number of rotatable bonds is 10. The van der Waals surface area contributed by atoms with Crippen molar-refractivity contribution < 1.29 is 37.0 Å². The summed E-state index contributed by atoms with van der Waals surface area (Å²) in [5.74, 6) is 0. The van der Waals surface area contributed by atoms with Crippen molar-refractivity contribution in [1.29, 1.82) is 0 Å². The maximum Gasteiger partial charge on any atom is 0.297 e. The van der Waals surface area contributed by atoms with Gasteiger partial charge in [-0.05, 0) is 30.2 Å². The molecule has 0 spiro atoms. The predicted octanol–water partition coefficient (Wildman–Crippen LogP) is 2.95.